The van der Waals surface area contributed by atoms with Crippen molar-refractivity contribution in [3.8, 4) is 65.7 Å². The normalized spacial score (nSPS) is 0.909. The Hall–Kier alpha value is -4.06. The summed E-state index contributed by atoms with van der Waals surface area (Å²) in [5, 5.41) is 65.0. The first-order chi connectivity index (χ1) is 10.0. The van der Waals surface area contributed by atoms with E-state index in [0.29, 0.717) is 0 Å². The Morgan fingerprint density at radius 2 is 0.182 bits per heavy atom. The van der Waals surface area contributed by atoms with Gasteiger partial charge in [-0.3, -0.25) is 0 Å². The maximum absolute atomic E-state index is 6.50. The van der Waals surface area contributed by atoms with Gasteiger partial charge in [0.2, 0.25) is 0 Å². The Balaban J connectivity index is -0.00000000500. The molecule has 0 aromatic carbocycles. The van der Waals surface area contributed by atoms with Gasteiger partial charge in [-0.25, -0.2) is 52.6 Å². The molecule has 0 spiro atoms. The Labute approximate surface area is 152 Å². The topological polar surface area (TPSA) is 238 Å². The minimum atomic E-state index is 0. The third-order valence-electron chi connectivity index (χ3n) is 0. The monoisotopic (exact) mass is 396 g/mol. The van der Waals surface area contributed by atoms with Crippen molar-refractivity contribution < 1.29 is 34.1 Å². The van der Waals surface area contributed by atoms with E-state index in [1.807, 2.05) is 0 Å². The van der Waals surface area contributed by atoms with Crippen LogP contribution in [0.1, 0.15) is 0 Å². The van der Waals surface area contributed by atoms with E-state index in [-0.39, 0.29) is 34.1 Å². The first-order valence-corrected chi connectivity index (χ1v) is 2.58. The van der Waals surface area contributed by atoms with Crippen molar-refractivity contribution in [3.05, 3.63) is 0 Å². The van der Waals surface area contributed by atoms with Gasteiger partial charge in [-0.1, -0.05) is 0 Å². The van der Waals surface area contributed by atoms with Crippen molar-refractivity contribution >= 4 is 0 Å². The summed E-state index contributed by atoms with van der Waals surface area (Å²) in [6.07, 6.45) is 0. The Morgan fingerprint density at radius 1 is 0.182 bits per heavy atom. The van der Waals surface area contributed by atoms with Crippen LogP contribution in [0.25, 0.3) is 0 Å². The van der Waals surface area contributed by atoms with Crippen LogP contribution >= 0.6 is 0 Å². The Bertz CT molecular complexity index is 177. The molecule has 0 fully saturated rings. The van der Waals surface area contributed by atoms with Crippen molar-refractivity contribution in [2.45, 2.75) is 0 Å². The van der Waals surface area contributed by atoms with Crippen LogP contribution in [0.5, 0.6) is 0 Å². The molecule has 0 bridgehead atoms. The summed E-state index contributed by atoms with van der Waals surface area (Å²) in [4.78, 5) is 0. The van der Waals surface area contributed by atoms with Gasteiger partial charge in [0.1, 0.15) is 0 Å². The average molecular weight is 397 g/mol. The predicted molar refractivity (Wildman–Crippen MR) is 66.7 cm³/mol. The zero-order chi connectivity index (χ0) is 20.0. The van der Waals surface area contributed by atoms with Gasteiger partial charge in [0.15, 0.2) is 0 Å². The smallest absolute Gasteiger partial charge is 0.0462 e. The first kappa shape index (κ1) is 146. The van der Waals surface area contributed by atoms with Gasteiger partial charge < -0.3 is 0 Å². The summed E-state index contributed by atoms with van der Waals surface area (Å²) in [6.45, 7) is 35.0. The van der Waals surface area contributed by atoms with Crippen LogP contribution in [-0.2, 0) is 34.1 Å². The molecule has 0 N–H and O–H groups in total. The third kappa shape index (κ3) is 216. The SMILES string of the molecule is C#N.C#N.C#N.C#N.C#N.C#N.C#N.C#N.C#N.C#N.[Cu].[Cu]. The molecule has 0 aromatic rings. The molecule has 12 heteroatoms. The van der Waals surface area contributed by atoms with Crippen LogP contribution < -0.4 is 0 Å². The van der Waals surface area contributed by atoms with Crippen molar-refractivity contribution in [2.75, 3.05) is 0 Å². The minimum Gasteiger partial charge on any atom is -0.202 e. The van der Waals surface area contributed by atoms with Crippen LogP contribution in [0.4, 0.5) is 0 Å². The number of rotatable bonds is 0. The van der Waals surface area contributed by atoms with Crippen molar-refractivity contribution in [3.63, 3.8) is 0 Å². The molecule has 0 atom stereocenters. The molecule has 22 heavy (non-hydrogen) atoms. The van der Waals surface area contributed by atoms with Gasteiger partial charge in [0, 0.05) is 99.9 Å². The fourth-order valence-electron chi connectivity index (χ4n) is 0. The predicted octanol–water partition coefficient (Wildman–Crippen LogP) is 1.39. The van der Waals surface area contributed by atoms with Gasteiger partial charge in [0.25, 0.3) is 0 Å². The molecule has 0 aromatic heterocycles. The van der Waals surface area contributed by atoms with E-state index in [9.17, 15) is 0 Å². The van der Waals surface area contributed by atoms with Crippen molar-refractivity contribution in [1.82, 2.24) is 0 Å². The van der Waals surface area contributed by atoms with E-state index in [1.165, 1.54) is 0 Å². The second-order valence-corrected chi connectivity index (χ2v) is 0. The molecule has 0 aliphatic carbocycles. The molecule has 0 rings (SSSR count). The molecule has 122 valence electrons. The molecule has 2 radical (unpaired) electrons. The van der Waals surface area contributed by atoms with Gasteiger partial charge in [-0.15, -0.1) is 0 Å². The fourth-order valence-corrected chi connectivity index (χ4v) is 0. The van der Waals surface area contributed by atoms with Gasteiger partial charge in [-0.2, -0.15) is 0 Å². The molecule has 0 saturated heterocycles. The average Bonchev–Trinajstić information content (AvgIpc) is 2.71. The standard InChI is InChI=1S/10CHN.2Cu/c10*1-2;;/h10*1H;;. The van der Waals surface area contributed by atoms with Crippen molar-refractivity contribution in [2.24, 2.45) is 0 Å². The molecule has 0 heterocycles. The minimum absolute atomic E-state index is 0. The fraction of sp³-hybridized carbons (Fsp3) is 0. The molecular weight excluding hydrogens is 387 g/mol. The largest absolute Gasteiger partial charge is 0.202 e. The summed E-state index contributed by atoms with van der Waals surface area (Å²) >= 11 is 0. The molecular formula is C10H10Cu2N10. The second kappa shape index (κ2) is 261. The van der Waals surface area contributed by atoms with E-state index in [4.69, 9.17) is 52.6 Å². The number of hydrogen-bond acceptors (Lipinski definition) is 10. The maximum Gasteiger partial charge on any atom is 0.0462 e. The summed E-state index contributed by atoms with van der Waals surface area (Å²) in [5.74, 6) is 0. The summed E-state index contributed by atoms with van der Waals surface area (Å²) in [7, 11) is 0. The molecule has 0 aliphatic heterocycles. The number of nitriles is 10. The van der Waals surface area contributed by atoms with Crippen LogP contribution in [0, 0.1) is 118 Å². The first-order valence-electron chi connectivity index (χ1n) is 2.58. The molecule has 0 aliphatic rings. The number of nitrogens with zero attached hydrogens (tertiary/aromatic N) is 10. The summed E-state index contributed by atoms with van der Waals surface area (Å²) in [5.41, 5.74) is 0. The van der Waals surface area contributed by atoms with Gasteiger partial charge in [-0.05, 0) is 0 Å². The molecule has 0 unspecified atom stereocenters. The van der Waals surface area contributed by atoms with Gasteiger partial charge in [0.05, 0.1) is 0 Å². The quantitative estimate of drug-likeness (QED) is 0.531. The summed E-state index contributed by atoms with van der Waals surface area (Å²) in [6, 6.07) is 0. The van der Waals surface area contributed by atoms with E-state index in [2.05, 4.69) is 65.7 Å². The van der Waals surface area contributed by atoms with Crippen LogP contribution in [0.3, 0.4) is 0 Å². The number of hydrogen-bond donors (Lipinski definition) is 0. The van der Waals surface area contributed by atoms with E-state index in [0.717, 1.165) is 0 Å². The Kier molecular flexibility index (Phi) is 1730. The molecule has 10 nitrogen and oxygen atoms in total. The van der Waals surface area contributed by atoms with Gasteiger partial charge >= 0.3 is 0 Å². The van der Waals surface area contributed by atoms with Crippen LogP contribution in [0.15, 0.2) is 0 Å². The zero-order valence-electron chi connectivity index (χ0n) is 10.8. The Morgan fingerprint density at radius 3 is 0.182 bits per heavy atom. The van der Waals surface area contributed by atoms with Crippen LogP contribution in [-0.4, -0.2) is 0 Å². The summed E-state index contributed by atoms with van der Waals surface area (Å²) < 4.78 is 0. The van der Waals surface area contributed by atoms with Crippen molar-refractivity contribution in [1.29, 1.82) is 52.6 Å². The molecule has 0 amide bonds. The van der Waals surface area contributed by atoms with Crippen LogP contribution in [0.2, 0.25) is 0 Å². The van der Waals surface area contributed by atoms with E-state index in [1.54, 1.807) is 0 Å². The second-order valence-electron chi connectivity index (χ2n) is 0. The molecule has 0 saturated carbocycles. The van der Waals surface area contributed by atoms with E-state index >= 15 is 0 Å². The third-order valence-corrected chi connectivity index (χ3v) is 0. The zero-order valence-corrected chi connectivity index (χ0v) is 12.7. The maximum atomic E-state index is 6.50. The van der Waals surface area contributed by atoms with E-state index < -0.39 is 0 Å².